The molecule has 0 aliphatic heterocycles. The SMILES string of the molecule is COC1(C(=O)NC2CC(C(=O)O)C2)CCCCC1. The predicted molar refractivity (Wildman–Crippen MR) is 65.1 cm³/mol. The van der Waals surface area contributed by atoms with Gasteiger partial charge in [0.1, 0.15) is 5.60 Å². The molecule has 0 aromatic rings. The van der Waals surface area contributed by atoms with Gasteiger partial charge in [-0.3, -0.25) is 9.59 Å². The van der Waals surface area contributed by atoms with E-state index in [0.717, 1.165) is 32.1 Å². The topological polar surface area (TPSA) is 75.6 Å². The van der Waals surface area contributed by atoms with Crippen LogP contribution < -0.4 is 5.32 Å². The van der Waals surface area contributed by atoms with Crippen LogP contribution in [0, 0.1) is 5.92 Å². The van der Waals surface area contributed by atoms with E-state index in [0.29, 0.717) is 12.8 Å². The molecule has 0 radical (unpaired) electrons. The van der Waals surface area contributed by atoms with Crippen LogP contribution in [-0.4, -0.2) is 35.7 Å². The van der Waals surface area contributed by atoms with Crippen LogP contribution in [0.15, 0.2) is 0 Å². The maximum atomic E-state index is 12.2. The largest absolute Gasteiger partial charge is 0.481 e. The molecule has 2 N–H and O–H groups in total. The molecular weight excluding hydrogens is 234 g/mol. The average molecular weight is 255 g/mol. The third-order valence-electron chi connectivity index (χ3n) is 4.29. The zero-order valence-corrected chi connectivity index (χ0v) is 10.8. The molecule has 0 saturated heterocycles. The number of nitrogens with one attached hydrogen (secondary N) is 1. The number of carboxylic acid groups (broad SMARTS) is 1. The minimum Gasteiger partial charge on any atom is -0.481 e. The van der Waals surface area contributed by atoms with Gasteiger partial charge in [0.05, 0.1) is 5.92 Å². The van der Waals surface area contributed by atoms with Gasteiger partial charge in [-0.2, -0.15) is 0 Å². The van der Waals surface area contributed by atoms with Gasteiger partial charge in [-0.25, -0.2) is 0 Å². The summed E-state index contributed by atoms with van der Waals surface area (Å²) in [6, 6.07) is 0.00699. The molecule has 0 unspecified atom stereocenters. The molecule has 2 saturated carbocycles. The van der Waals surface area contributed by atoms with Gasteiger partial charge in [0.15, 0.2) is 0 Å². The summed E-state index contributed by atoms with van der Waals surface area (Å²) < 4.78 is 5.46. The summed E-state index contributed by atoms with van der Waals surface area (Å²) in [5, 5.41) is 11.7. The zero-order valence-electron chi connectivity index (χ0n) is 10.8. The summed E-state index contributed by atoms with van der Waals surface area (Å²) in [5.74, 6) is -1.11. The number of carbonyl (C=O) groups is 2. The van der Waals surface area contributed by atoms with Crippen molar-refractivity contribution in [2.75, 3.05) is 7.11 Å². The Morgan fingerprint density at radius 3 is 2.33 bits per heavy atom. The maximum absolute atomic E-state index is 12.2. The molecule has 0 aromatic carbocycles. The molecule has 5 nitrogen and oxygen atoms in total. The zero-order chi connectivity index (χ0) is 13.2. The second-order valence-electron chi connectivity index (χ2n) is 5.44. The Bertz CT molecular complexity index is 330. The van der Waals surface area contributed by atoms with Crippen molar-refractivity contribution in [3.8, 4) is 0 Å². The second-order valence-corrected chi connectivity index (χ2v) is 5.44. The van der Waals surface area contributed by atoms with Crippen molar-refractivity contribution in [2.24, 2.45) is 5.92 Å². The number of amides is 1. The van der Waals surface area contributed by atoms with Gasteiger partial charge in [-0.15, -0.1) is 0 Å². The first-order valence-corrected chi connectivity index (χ1v) is 6.66. The monoisotopic (exact) mass is 255 g/mol. The first-order chi connectivity index (χ1) is 8.57. The van der Waals surface area contributed by atoms with Crippen LogP contribution in [0.25, 0.3) is 0 Å². The summed E-state index contributed by atoms with van der Waals surface area (Å²) in [5.41, 5.74) is -0.674. The van der Waals surface area contributed by atoms with Gasteiger partial charge >= 0.3 is 5.97 Å². The average Bonchev–Trinajstić information content (AvgIpc) is 2.33. The van der Waals surface area contributed by atoms with Crippen LogP contribution in [0.1, 0.15) is 44.9 Å². The van der Waals surface area contributed by atoms with Crippen LogP contribution >= 0.6 is 0 Å². The van der Waals surface area contributed by atoms with Crippen molar-refractivity contribution < 1.29 is 19.4 Å². The van der Waals surface area contributed by atoms with Crippen molar-refractivity contribution >= 4 is 11.9 Å². The number of hydrogen-bond donors (Lipinski definition) is 2. The van der Waals surface area contributed by atoms with E-state index in [4.69, 9.17) is 9.84 Å². The first-order valence-electron chi connectivity index (χ1n) is 6.66. The molecule has 0 heterocycles. The quantitative estimate of drug-likeness (QED) is 0.794. The number of carboxylic acids is 1. The highest BCUT2D eigenvalue weighted by molar-refractivity contribution is 5.86. The van der Waals surface area contributed by atoms with Gasteiger partial charge in [0.25, 0.3) is 5.91 Å². The highest BCUT2D eigenvalue weighted by Crippen LogP contribution is 2.33. The van der Waals surface area contributed by atoms with E-state index in [1.807, 2.05) is 0 Å². The molecular formula is C13H21NO4. The fourth-order valence-corrected chi connectivity index (χ4v) is 2.90. The van der Waals surface area contributed by atoms with E-state index in [9.17, 15) is 9.59 Å². The van der Waals surface area contributed by atoms with Crippen molar-refractivity contribution in [3.63, 3.8) is 0 Å². The Hall–Kier alpha value is -1.10. The van der Waals surface area contributed by atoms with E-state index in [1.54, 1.807) is 7.11 Å². The normalized spacial score (nSPS) is 30.3. The van der Waals surface area contributed by atoms with Crippen molar-refractivity contribution in [3.05, 3.63) is 0 Å². The van der Waals surface area contributed by atoms with Gasteiger partial charge < -0.3 is 15.2 Å². The van der Waals surface area contributed by atoms with Crippen molar-refractivity contribution in [1.82, 2.24) is 5.32 Å². The van der Waals surface area contributed by atoms with Gasteiger partial charge in [-0.05, 0) is 25.7 Å². The van der Waals surface area contributed by atoms with E-state index >= 15 is 0 Å². The summed E-state index contributed by atoms with van der Waals surface area (Å²) in [6.07, 6.45) is 5.81. The van der Waals surface area contributed by atoms with E-state index in [2.05, 4.69) is 5.32 Å². The lowest BCUT2D eigenvalue weighted by atomic mass is 9.78. The number of rotatable bonds is 4. The Morgan fingerprint density at radius 1 is 1.22 bits per heavy atom. The summed E-state index contributed by atoms with van der Waals surface area (Å²) in [4.78, 5) is 22.9. The number of hydrogen-bond acceptors (Lipinski definition) is 3. The molecule has 5 heteroatoms. The Kier molecular flexibility index (Phi) is 3.90. The standard InChI is InChI=1S/C13H21NO4/c1-18-13(5-3-2-4-6-13)12(17)14-10-7-9(8-10)11(15)16/h9-10H,2-8H2,1H3,(H,14,17)(H,15,16). The molecule has 2 fully saturated rings. The van der Waals surface area contributed by atoms with Crippen LogP contribution in [0.2, 0.25) is 0 Å². The minimum atomic E-state index is -0.764. The molecule has 2 aliphatic rings. The minimum absolute atomic E-state index is 0.00699. The van der Waals surface area contributed by atoms with Gasteiger partial charge in [0.2, 0.25) is 0 Å². The molecule has 0 bridgehead atoms. The summed E-state index contributed by atoms with van der Waals surface area (Å²) in [7, 11) is 1.59. The molecule has 2 rings (SSSR count). The second kappa shape index (κ2) is 5.26. The lowest BCUT2D eigenvalue weighted by Crippen LogP contribution is -2.55. The maximum Gasteiger partial charge on any atom is 0.306 e. The molecule has 2 aliphatic carbocycles. The van der Waals surface area contributed by atoms with E-state index in [1.165, 1.54) is 0 Å². The number of ether oxygens (including phenoxy) is 1. The molecule has 102 valence electrons. The molecule has 0 spiro atoms. The van der Waals surface area contributed by atoms with Crippen LogP contribution in [0.4, 0.5) is 0 Å². The molecule has 0 atom stereocenters. The summed E-state index contributed by atoms with van der Waals surface area (Å²) in [6.45, 7) is 0. The van der Waals surface area contributed by atoms with E-state index in [-0.39, 0.29) is 17.9 Å². The highest BCUT2D eigenvalue weighted by Gasteiger charge is 2.43. The van der Waals surface area contributed by atoms with E-state index < -0.39 is 11.6 Å². The van der Waals surface area contributed by atoms with Gasteiger partial charge in [-0.1, -0.05) is 19.3 Å². The molecule has 1 amide bonds. The smallest absolute Gasteiger partial charge is 0.306 e. The number of aliphatic carboxylic acids is 1. The Balaban J connectivity index is 1.85. The summed E-state index contributed by atoms with van der Waals surface area (Å²) >= 11 is 0. The number of carbonyl (C=O) groups excluding carboxylic acids is 1. The Morgan fingerprint density at radius 2 is 1.83 bits per heavy atom. The highest BCUT2D eigenvalue weighted by atomic mass is 16.5. The number of methoxy groups -OCH3 is 1. The first kappa shape index (κ1) is 13.3. The molecule has 18 heavy (non-hydrogen) atoms. The molecule has 0 aromatic heterocycles. The van der Waals surface area contributed by atoms with Crippen molar-refractivity contribution in [1.29, 1.82) is 0 Å². The lowest BCUT2D eigenvalue weighted by molar-refractivity contribution is -0.152. The van der Waals surface area contributed by atoms with Crippen molar-refractivity contribution in [2.45, 2.75) is 56.6 Å². The lowest BCUT2D eigenvalue weighted by Gasteiger charge is -2.39. The third-order valence-corrected chi connectivity index (χ3v) is 4.29. The van der Waals surface area contributed by atoms with Gasteiger partial charge in [0, 0.05) is 13.2 Å². The Labute approximate surface area is 107 Å². The fraction of sp³-hybridized carbons (Fsp3) is 0.846. The fourth-order valence-electron chi connectivity index (χ4n) is 2.90. The van der Waals surface area contributed by atoms with Crippen LogP contribution in [0.3, 0.4) is 0 Å². The third kappa shape index (κ3) is 2.51. The van der Waals surface area contributed by atoms with Crippen LogP contribution in [-0.2, 0) is 14.3 Å². The predicted octanol–water partition coefficient (Wildman–Crippen LogP) is 1.32. The van der Waals surface area contributed by atoms with Crippen LogP contribution in [0.5, 0.6) is 0 Å².